The zero-order valence-electron chi connectivity index (χ0n) is 17.9. The first-order chi connectivity index (χ1) is 13.6. The van der Waals surface area contributed by atoms with Crippen molar-refractivity contribution in [1.29, 1.82) is 0 Å². The molecule has 1 N–H and O–H groups in total. The zero-order valence-corrected chi connectivity index (χ0v) is 17.9. The lowest BCUT2D eigenvalue weighted by Gasteiger charge is -2.58. The molecule has 0 heterocycles. The highest BCUT2D eigenvalue weighted by Crippen LogP contribution is 2.66. The van der Waals surface area contributed by atoms with E-state index in [1.807, 2.05) is 0 Å². The van der Waals surface area contributed by atoms with Crippen LogP contribution in [-0.2, 0) is 19.2 Å². The van der Waals surface area contributed by atoms with Gasteiger partial charge in [0.15, 0.2) is 0 Å². The molecule has 0 saturated heterocycles. The maximum Gasteiger partial charge on any atom is 0.303 e. The number of carboxylic acid groups (broad SMARTS) is 1. The Labute approximate surface area is 173 Å². The molecule has 0 aliphatic heterocycles. The van der Waals surface area contributed by atoms with Crippen molar-refractivity contribution in [2.24, 2.45) is 46.3 Å². The van der Waals surface area contributed by atoms with Gasteiger partial charge in [-0.25, -0.2) is 0 Å². The minimum absolute atomic E-state index is 0.0659. The van der Waals surface area contributed by atoms with E-state index in [2.05, 4.69) is 20.8 Å². The number of carboxylic acids is 1. The summed E-state index contributed by atoms with van der Waals surface area (Å²) in [6.07, 6.45) is 5.33. The van der Waals surface area contributed by atoms with E-state index < -0.39 is 11.4 Å². The Morgan fingerprint density at radius 1 is 1.10 bits per heavy atom. The first-order valence-electron chi connectivity index (χ1n) is 11.4. The van der Waals surface area contributed by atoms with Crippen molar-refractivity contribution >= 4 is 23.3 Å². The summed E-state index contributed by atoms with van der Waals surface area (Å²) in [7, 11) is 0. The van der Waals surface area contributed by atoms with Crippen LogP contribution in [0.3, 0.4) is 0 Å². The van der Waals surface area contributed by atoms with Gasteiger partial charge in [0.05, 0.1) is 0 Å². The van der Waals surface area contributed by atoms with Gasteiger partial charge in [-0.2, -0.15) is 0 Å². The molecule has 4 rings (SSSR count). The van der Waals surface area contributed by atoms with Crippen LogP contribution in [0.5, 0.6) is 0 Å². The zero-order chi connectivity index (χ0) is 21.1. The molecule has 0 aromatic carbocycles. The van der Waals surface area contributed by atoms with Crippen molar-refractivity contribution < 1.29 is 24.3 Å². The van der Waals surface area contributed by atoms with E-state index in [0.29, 0.717) is 32.1 Å². The Balaban J connectivity index is 1.63. The van der Waals surface area contributed by atoms with E-state index in [1.165, 1.54) is 0 Å². The fourth-order valence-electron chi connectivity index (χ4n) is 7.94. The second kappa shape index (κ2) is 7.02. The summed E-state index contributed by atoms with van der Waals surface area (Å²) in [5.41, 5.74) is -0.598. The van der Waals surface area contributed by atoms with E-state index in [9.17, 15) is 19.2 Å². The minimum Gasteiger partial charge on any atom is -0.481 e. The third kappa shape index (κ3) is 3.02. The summed E-state index contributed by atoms with van der Waals surface area (Å²) in [6.45, 7) is 6.37. The molecule has 5 heteroatoms. The molecule has 160 valence electrons. The molecule has 5 nitrogen and oxygen atoms in total. The molecule has 4 aliphatic rings. The molecule has 4 fully saturated rings. The Morgan fingerprint density at radius 3 is 2.52 bits per heavy atom. The molecule has 29 heavy (non-hydrogen) atoms. The first-order valence-corrected chi connectivity index (χ1v) is 11.4. The Kier molecular flexibility index (Phi) is 5.02. The number of fused-ring (bicyclic) bond motifs is 5. The molecule has 4 saturated carbocycles. The average molecular weight is 403 g/mol. The normalized spacial score (nSPS) is 45.3. The maximum absolute atomic E-state index is 13.6. The molecular formula is C24H34O5. The molecular weight excluding hydrogens is 368 g/mol. The highest BCUT2D eigenvalue weighted by molar-refractivity contribution is 5.93. The lowest BCUT2D eigenvalue weighted by atomic mass is 9.44. The van der Waals surface area contributed by atoms with Crippen LogP contribution in [0.15, 0.2) is 0 Å². The van der Waals surface area contributed by atoms with Crippen LogP contribution >= 0.6 is 0 Å². The lowest BCUT2D eigenvalue weighted by molar-refractivity contribution is -0.166. The fourth-order valence-corrected chi connectivity index (χ4v) is 7.94. The van der Waals surface area contributed by atoms with Gasteiger partial charge < -0.3 is 5.11 Å². The van der Waals surface area contributed by atoms with E-state index in [-0.39, 0.29) is 64.7 Å². The van der Waals surface area contributed by atoms with Gasteiger partial charge >= 0.3 is 5.97 Å². The number of hydrogen-bond donors (Lipinski definition) is 1. The molecule has 4 aliphatic carbocycles. The Morgan fingerprint density at radius 2 is 1.83 bits per heavy atom. The third-order valence-corrected chi connectivity index (χ3v) is 9.72. The number of rotatable bonds is 4. The van der Waals surface area contributed by atoms with Crippen molar-refractivity contribution in [1.82, 2.24) is 0 Å². The number of aliphatic carboxylic acids is 1. The third-order valence-electron chi connectivity index (χ3n) is 9.72. The number of carbonyl (C=O) groups excluding carboxylic acids is 3. The van der Waals surface area contributed by atoms with Gasteiger partial charge in [-0.1, -0.05) is 20.8 Å². The lowest BCUT2D eigenvalue weighted by Crippen LogP contribution is -2.60. The van der Waals surface area contributed by atoms with Gasteiger partial charge in [0.25, 0.3) is 0 Å². The summed E-state index contributed by atoms with van der Waals surface area (Å²) in [6, 6.07) is 0. The molecule has 0 amide bonds. The number of Topliss-reactive ketones (excluding diaryl/α,β-unsaturated/α-hetero) is 3. The summed E-state index contributed by atoms with van der Waals surface area (Å²) in [5.74, 6) is 0.524. The van der Waals surface area contributed by atoms with E-state index in [4.69, 9.17) is 5.11 Å². The van der Waals surface area contributed by atoms with Gasteiger partial charge in [0, 0.05) is 43.4 Å². The van der Waals surface area contributed by atoms with Crippen LogP contribution in [0.4, 0.5) is 0 Å². The van der Waals surface area contributed by atoms with Gasteiger partial charge in [0.1, 0.15) is 17.3 Å². The highest BCUT2D eigenvalue weighted by Gasteiger charge is 2.66. The van der Waals surface area contributed by atoms with Gasteiger partial charge in [0.2, 0.25) is 0 Å². The van der Waals surface area contributed by atoms with Crippen LogP contribution < -0.4 is 0 Å². The topological polar surface area (TPSA) is 88.5 Å². The van der Waals surface area contributed by atoms with Crippen molar-refractivity contribution in [3.63, 3.8) is 0 Å². The molecule has 6 unspecified atom stereocenters. The van der Waals surface area contributed by atoms with E-state index in [1.54, 1.807) is 0 Å². The predicted molar refractivity (Wildman–Crippen MR) is 107 cm³/mol. The smallest absolute Gasteiger partial charge is 0.303 e. The first kappa shape index (κ1) is 20.7. The quantitative estimate of drug-likeness (QED) is 0.766. The van der Waals surface area contributed by atoms with Gasteiger partial charge in [-0.3, -0.25) is 19.2 Å². The highest BCUT2D eigenvalue weighted by atomic mass is 16.4. The molecule has 0 radical (unpaired) electrons. The minimum atomic E-state index is -0.792. The summed E-state index contributed by atoms with van der Waals surface area (Å²) < 4.78 is 0. The van der Waals surface area contributed by atoms with Gasteiger partial charge in [-0.05, 0) is 60.7 Å². The van der Waals surface area contributed by atoms with Crippen molar-refractivity contribution in [2.75, 3.05) is 0 Å². The van der Waals surface area contributed by atoms with Gasteiger partial charge in [-0.15, -0.1) is 0 Å². The number of carbonyl (C=O) groups is 4. The summed E-state index contributed by atoms with van der Waals surface area (Å²) in [4.78, 5) is 50.0. The van der Waals surface area contributed by atoms with Crippen molar-refractivity contribution in [2.45, 2.75) is 78.6 Å². The second-order valence-electron chi connectivity index (χ2n) is 10.9. The average Bonchev–Trinajstić information content (AvgIpc) is 3.01. The SMILES string of the molecule is CC(CCC(=O)O)C1CCC2C3C(=O)CC4CC(=O)CC[C@@]4(C)C3CC(=O)[C@@]12C. The molecule has 8 atom stereocenters. The van der Waals surface area contributed by atoms with Crippen molar-refractivity contribution in [3.05, 3.63) is 0 Å². The standard InChI is InChI=1S/C24H34O5/c1-13(4-7-21(28)29)16-5-6-17-22-18(12-20(27)24(16,17)3)23(2)9-8-15(25)10-14(23)11-19(22)26/h13-14,16-18,22H,4-12H2,1-3H3,(H,28,29)/t13?,14?,16?,17?,18?,22?,23-,24+/m1/s1. The van der Waals surface area contributed by atoms with Crippen LogP contribution in [0, 0.1) is 46.3 Å². The summed E-state index contributed by atoms with van der Waals surface area (Å²) in [5, 5.41) is 9.06. The Hall–Kier alpha value is -1.52. The second-order valence-corrected chi connectivity index (χ2v) is 10.9. The number of ketones is 3. The predicted octanol–water partition coefficient (Wildman–Crippen LogP) is 4.07. The van der Waals surface area contributed by atoms with E-state index in [0.717, 1.165) is 19.3 Å². The molecule has 0 aromatic heterocycles. The van der Waals surface area contributed by atoms with Crippen LogP contribution in [0.1, 0.15) is 78.6 Å². The van der Waals surface area contributed by atoms with Crippen molar-refractivity contribution in [3.8, 4) is 0 Å². The summed E-state index contributed by atoms with van der Waals surface area (Å²) >= 11 is 0. The molecule has 0 bridgehead atoms. The number of hydrogen-bond acceptors (Lipinski definition) is 4. The van der Waals surface area contributed by atoms with Crippen LogP contribution in [0.2, 0.25) is 0 Å². The van der Waals surface area contributed by atoms with Crippen LogP contribution in [0.25, 0.3) is 0 Å². The molecule has 0 spiro atoms. The van der Waals surface area contributed by atoms with Crippen LogP contribution in [-0.4, -0.2) is 28.4 Å². The Bertz CT molecular complexity index is 756. The monoisotopic (exact) mass is 402 g/mol. The molecule has 0 aromatic rings. The largest absolute Gasteiger partial charge is 0.481 e. The fraction of sp³-hybridized carbons (Fsp3) is 0.833. The van der Waals surface area contributed by atoms with E-state index >= 15 is 0 Å². The maximum atomic E-state index is 13.6.